The van der Waals surface area contributed by atoms with Gasteiger partial charge in [-0.25, -0.2) is 13.4 Å². The van der Waals surface area contributed by atoms with E-state index in [1.54, 1.807) is 24.4 Å². The maximum atomic E-state index is 13.6. The van der Waals surface area contributed by atoms with Crippen molar-refractivity contribution >= 4 is 61.6 Å². The molecule has 1 amide bonds. The number of aromatic nitrogens is 2. The first-order valence-electron chi connectivity index (χ1n) is 11.8. The average molecular weight is 549 g/mol. The monoisotopic (exact) mass is 548 g/mol. The summed E-state index contributed by atoms with van der Waals surface area (Å²) >= 11 is 6.53. The largest absolute Gasteiger partial charge is 0.355 e. The number of nitrogens with zero attached hydrogens (tertiary/aromatic N) is 4. The topological polar surface area (TPSA) is 111 Å². The van der Waals surface area contributed by atoms with Gasteiger partial charge in [0.15, 0.2) is 15.6 Å². The molecule has 4 saturated heterocycles. The van der Waals surface area contributed by atoms with Crippen LogP contribution in [0.4, 0.5) is 5.82 Å². The van der Waals surface area contributed by atoms with Crippen LogP contribution in [0.2, 0.25) is 0 Å². The van der Waals surface area contributed by atoms with E-state index in [1.165, 1.54) is 9.30 Å². The van der Waals surface area contributed by atoms with Crippen LogP contribution in [0, 0.1) is 0 Å². The van der Waals surface area contributed by atoms with Crippen molar-refractivity contribution in [3.8, 4) is 0 Å². The van der Waals surface area contributed by atoms with Gasteiger partial charge in [-0.1, -0.05) is 30.0 Å². The fraction of sp³-hybridized carbons (Fsp3) is 0.478. The number of sulfone groups is 1. The van der Waals surface area contributed by atoms with Crippen LogP contribution in [0.25, 0.3) is 11.7 Å². The highest BCUT2D eigenvalue weighted by atomic mass is 32.2. The number of hydrogen-bond donors (Lipinski definition) is 0. The van der Waals surface area contributed by atoms with Crippen LogP contribution >= 0.6 is 24.0 Å². The van der Waals surface area contributed by atoms with E-state index in [-0.39, 0.29) is 27.9 Å². The third-order valence-corrected chi connectivity index (χ3v) is 10.1. The van der Waals surface area contributed by atoms with Gasteiger partial charge < -0.3 is 14.4 Å². The van der Waals surface area contributed by atoms with Crippen molar-refractivity contribution in [2.24, 2.45) is 0 Å². The summed E-state index contributed by atoms with van der Waals surface area (Å²) in [5.74, 6) is -0.518. The lowest BCUT2D eigenvalue weighted by Crippen LogP contribution is -2.46. The van der Waals surface area contributed by atoms with E-state index >= 15 is 0 Å². The van der Waals surface area contributed by atoms with Crippen LogP contribution in [0.15, 0.2) is 34.1 Å². The van der Waals surface area contributed by atoms with E-state index in [1.807, 2.05) is 11.0 Å². The second-order valence-electron chi connectivity index (χ2n) is 9.29. The van der Waals surface area contributed by atoms with Crippen LogP contribution in [-0.4, -0.2) is 82.6 Å². The summed E-state index contributed by atoms with van der Waals surface area (Å²) in [5.41, 5.74) is 0.507. The normalized spacial score (nSPS) is 26.7. The molecule has 6 rings (SSSR count). The highest BCUT2D eigenvalue weighted by Crippen LogP contribution is 2.38. The van der Waals surface area contributed by atoms with E-state index < -0.39 is 21.7 Å². The highest BCUT2D eigenvalue weighted by Gasteiger charge is 2.43. The van der Waals surface area contributed by atoms with E-state index in [0.717, 1.165) is 11.8 Å². The predicted octanol–water partition coefficient (Wildman–Crippen LogP) is 1.43. The van der Waals surface area contributed by atoms with Gasteiger partial charge in [-0.05, 0) is 24.6 Å². The molecule has 2 aromatic rings. The Morgan fingerprint density at radius 1 is 1.17 bits per heavy atom. The van der Waals surface area contributed by atoms with Crippen molar-refractivity contribution in [2.75, 3.05) is 42.7 Å². The number of thiocarbonyl (C=S) groups is 1. The number of ether oxygens (including phenoxy) is 2. The van der Waals surface area contributed by atoms with Gasteiger partial charge in [-0.2, -0.15) is 0 Å². The Kier molecular flexibility index (Phi) is 5.95. The van der Waals surface area contributed by atoms with Crippen LogP contribution in [0.5, 0.6) is 0 Å². The van der Waals surface area contributed by atoms with E-state index in [4.69, 9.17) is 26.7 Å². The van der Waals surface area contributed by atoms with Crippen LogP contribution in [0.3, 0.4) is 0 Å². The maximum absolute atomic E-state index is 13.6. The molecule has 0 aliphatic carbocycles. The number of anilines is 1. The number of amides is 1. The molecule has 0 saturated carbocycles. The van der Waals surface area contributed by atoms with Crippen molar-refractivity contribution in [3.63, 3.8) is 0 Å². The number of pyridine rings is 1. The molecule has 4 aliphatic heterocycles. The average Bonchev–Trinajstić information content (AvgIpc) is 3.53. The molecule has 13 heteroatoms. The molecule has 36 heavy (non-hydrogen) atoms. The molecule has 0 N–H and O–H groups in total. The van der Waals surface area contributed by atoms with Gasteiger partial charge >= 0.3 is 0 Å². The lowest BCUT2D eigenvalue weighted by atomic mass is 10.0. The SMILES string of the molecule is O=C1C(=Cc2c(N3CCC4(CC3)OCCO4)nc3ccccn3c2=O)SC(=S)N1C1CCS(=O)(=O)C1. The number of carbonyl (C=O) groups excluding carboxylic acids is 1. The zero-order valence-corrected chi connectivity index (χ0v) is 21.7. The van der Waals surface area contributed by atoms with Crippen molar-refractivity contribution in [1.29, 1.82) is 0 Å². The van der Waals surface area contributed by atoms with Gasteiger partial charge in [0.05, 0.1) is 41.2 Å². The summed E-state index contributed by atoms with van der Waals surface area (Å²) < 4.78 is 37.4. The summed E-state index contributed by atoms with van der Waals surface area (Å²) in [5, 5.41) is 0. The van der Waals surface area contributed by atoms with Crippen LogP contribution in [-0.2, 0) is 24.1 Å². The minimum atomic E-state index is -3.19. The number of hydrogen-bond acceptors (Lipinski definition) is 10. The Hall–Kier alpha value is -2.32. The van der Waals surface area contributed by atoms with Gasteiger partial charge in [-0.15, -0.1) is 0 Å². The van der Waals surface area contributed by atoms with Gasteiger partial charge in [0.1, 0.15) is 15.8 Å². The van der Waals surface area contributed by atoms with E-state index in [0.29, 0.717) is 66.9 Å². The zero-order chi connectivity index (χ0) is 25.1. The number of piperidine rings is 1. The minimum absolute atomic E-state index is 0.0394. The van der Waals surface area contributed by atoms with Crippen molar-refractivity contribution in [1.82, 2.24) is 14.3 Å². The van der Waals surface area contributed by atoms with Crippen LogP contribution < -0.4 is 10.5 Å². The van der Waals surface area contributed by atoms with Gasteiger partial charge in [-0.3, -0.25) is 18.9 Å². The second-order valence-corrected chi connectivity index (χ2v) is 13.2. The standard InChI is InChI=1S/C23H24N4O6S3/c28-20-16(13-17-21(29)27(22(34)35-17)15-4-12-36(30,31)14-15)19(24-18-3-1-2-7-26(18)20)25-8-5-23(6-9-25)32-10-11-33-23/h1-3,7,13,15H,4-6,8-12,14H2. The number of thioether (sulfide) groups is 1. The Bertz CT molecular complexity index is 1450. The molecule has 190 valence electrons. The lowest BCUT2D eigenvalue weighted by Gasteiger charge is -2.38. The molecule has 2 aromatic heterocycles. The van der Waals surface area contributed by atoms with E-state index in [9.17, 15) is 18.0 Å². The molecule has 4 aliphatic rings. The van der Waals surface area contributed by atoms with Gasteiger partial charge in [0.25, 0.3) is 11.5 Å². The summed E-state index contributed by atoms with van der Waals surface area (Å²) in [6, 6.07) is 4.85. The summed E-state index contributed by atoms with van der Waals surface area (Å²) in [7, 11) is -3.19. The fourth-order valence-corrected chi connectivity index (χ4v) is 8.29. The molecule has 6 heterocycles. The summed E-state index contributed by atoms with van der Waals surface area (Å²) in [6.07, 6.45) is 4.83. The molecule has 1 atom stereocenters. The second kappa shape index (κ2) is 8.91. The molecule has 10 nitrogen and oxygen atoms in total. The maximum Gasteiger partial charge on any atom is 0.267 e. The van der Waals surface area contributed by atoms with Crippen LogP contribution in [0.1, 0.15) is 24.8 Å². The molecular weight excluding hydrogens is 524 g/mol. The molecular formula is C23H24N4O6S3. The third-order valence-electron chi connectivity index (χ3n) is 7.06. The summed E-state index contributed by atoms with van der Waals surface area (Å²) in [4.78, 5) is 35.4. The molecule has 1 unspecified atom stereocenters. The first kappa shape index (κ1) is 24.0. The number of rotatable bonds is 3. The third kappa shape index (κ3) is 4.16. The van der Waals surface area contributed by atoms with Crippen molar-refractivity contribution in [3.05, 3.63) is 45.2 Å². The Labute approximate surface area is 217 Å². The van der Waals surface area contributed by atoms with Gasteiger partial charge in [0, 0.05) is 32.1 Å². The summed E-state index contributed by atoms with van der Waals surface area (Å²) in [6.45, 7) is 2.31. The molecule has 0 aromatic carbocycles. The quantitative estimate of drug-likeness (QED) is 0.413. The first-order valence-corrected chi connectivity index (χ1v) is 14.8. The number of carbonyl (C=O) groups is 1. The Balaban J connectivity index is 1.38. The fourth-order valence-electron chi connectivity index (χ4n) is 5.21. The molecule has 0 radical (unpaired) electrons. The Morgan fingerprint density at radius 3 is 2.61 bits per heavy atom. The van der Waals surface area contributed by atoms with Crippen molar-refractivity contribution in [2.45, 2.75) is 31.1 Å². The van der Waals surface area contributed by atoms with Gasteiger partial charge in [0.2, 0.25) is 0 Å². The Morgan fingerprint density at radius 2 is 1.92 bits per heavy atom. The number of fused-ring (bicyclic) bond motifs is 1. The lowest BCUT2D eigenvalue weighted by molar-refractivity contribution is -0.169. The zero-order valence-electron chi connectivity index (χ0n) is 19.3. The first-order chi connectivity index (χ1) is 17.3. The van der Waals surface area contributed by atoms with Crippen molar-refractivity contribution < 1.29 is 22.7 Å². The van der Waals surface area contributed by atoms with E-state index in [2.05, 4.69) is 0 Å². The predicted molar refractivity (Wildman–Crippen MR) is 140 cm³/mol. The smallest absolute Gasteiger partial charge is 0.267 e. The molecule has 0 bridgehead atoms. The molecule has 1 spiro atoms. The molecule has 4 fully saturated rings. The highest BCUT2D eigenvalue weighted by molar-refractivity contribution is 8.26. The minimum Gasteiger partial charge on any atom is -0.355 e.